The van der Waals surface area contributed by atoms with Crippen LogP contribution in [0.4, 0.5) is 0 Å². The molecule has 0 aromatic heterocycles. The van der Waals surface area contributed by atoms with Crippen LogP contribution < -0.4 is 0 Å². The Morgan fingerprint density at radius 2 is 1.90 bits per heavy atom. The first-order chi connectivity index (χ1) is 13.6. The summed E-state index contributed by atoms with van der Waals surface area (Å²) in [5, 5.41) is 17.7. The van der Waals surface area contributed by atoms with Crippen LogP contribution in [-0.2, 0) is 14.4 Å². The van der Waals surface area contributed by atoms with E-state index in [1.54, 1.807) is 13.8 Å². The highest BCUT2D eigenvalue weighted by molar-refractivity contribution is 5.86. The Morgan fingerprint density at radius 1 is 1.21 bits per heavy atom. The summed E-state index contributed by atoms with van der Waals surface area (Å²) in [6.45, 7) is 12.1. The van der Waals surface area contributed by atoms with Crippen molar-refractivity contribution in [1.29, 1.82) is 0 Å². The molecule has 1 aliphatic heterocycles. The van der Waals surface area contributed by atoms with Crippen molar-refractivity contribution >= 4 is 5.97 Å². The van der Waals surface area contributed by atoms with Gasteiger partial charge in [0.05, 0.1) is 18.3 Å². The van der Waals surface area contributed by atoms with E-state index in [0.29, 0.717) is 12.5 Å². The number of ether oxygens (including phenoxy) is 1. The first kappa shape index (κ1) is 25.3. The summed E-state index contributed by atoms with van der Waals surface area (Å²) >= 11 is 0. The molecule has 164 valence electrons. The maximum Gasteiger partial charge on any atom is 0.333 e. The molecule has 29 heavy (non-hydrogen) atoms. The molecule has 5 nitrogen and oxygen atoms in total. The average Bonchev–Trinajstić information content (AvgIpc) is 2.67. The van der Waals surface area contributed by atoms with E-state index in [2.05, 4.69) is 37.5 Å². The summed E-state index contributed by atoms with van der Waals surface area (Å²) in [5.41, 5.74) is 2.23. The first-order valence-electron chi connectivity index (χ1n) is 10.5. The molecule has 0 aromatic carbocycles. The standard InChI is InChI=1S/C24H38O5/c1-18(9-6-10-19(2)12-8-16-24(4,5)29-27)11-7-13-21-14-15-22(28-17-21)20(3)23(25)26/h8,10-11,16,21-22,27H,3,6-7,9,12-15,17H2,1-2,4-5H3,(H,25,26)/b16-8+,18-11+,19-10+/t21-,22+/m0/s1. The van der Waals surface area contributed by atoms with Crippen molar-refractivity contribution in [3.05, 3.63) is 47.6 Å². The molecule has 1 heterocycles. The van der Waals surface area contributed by atoms with Crippen molar-refractivity contribution in [2.24, 2.45) is 5.92 Å². The van der Waals surface area contributed by atoms with Crippen LogP contribution in [0.5, 0.6) is 0 Å². The zero-order chi connectivity index (χ0) is 21.9. The Kier molecular flexibility index (Phi) is 11.2. The molecule has 0 bridgehead atoms. The molecule has 0 radical (unpaired) electrons. The molecule has 5 heteroatoms. The predicted octanol–water partition coefficient (Wildman–Crippen LogP) is 6.09. The third-order valence-electron chi connectivity index (χ3n) is 5.33. The number of hydrogen-bond donors (Lipinski definition) is 2. The van der Waals surface area contributed by atoms with E-state index in [1.807, 2.05) is 12.2 Å². The van der Waals surface area contributed by atoms with Crippen LogP contribution >= 0.6 is 0 Å². The molecular formula is C24H38O5. The lowest BCUT2D eigenvalue weighted by atomic mass is 9.91. The van der Waals surface area contributed by atoms with Gasteiger partial charge in [0.2, 0.25) is 0 Å². The number of rotatable bonds is 12. The predicted molar refractivity (Wildman–Crippen MR) is 117 cm³/mol. The number of hydrogen-bond acceptors (Lipinski definition) is 4. The van der Waals surface area contributed by atoms with E-state index >= 15 is 0 Å². The van der Waals surface area contributed by atoms with Crippen molar-refractivity contribution in [1.82, 2.24) is 0 Å². The second kappa shape index (κ2) is 12.8. The van der Waals surface area contributed by atoms with Gasteiger partial charge >= 0.3 is 5.97 Å². The molecule has 1 aliphatic rings. The van der Waals surface area contributed by atoms with Gasteiger partial charge in [0.25, 0.3) is 0 Å². The summed E-state index contributed by atoms with van der Waals surface area (Å²) in [7, 11) is 0. The average molecular weight is 407 g/mol. The summed E-state index contributed by atoms with van der Waals surface area (Å²) in [4.78, 5) is 15.3. The molecular weight excluding hydrogens is 368 g/mol. The number of carboxylic acid groups (broad SMARTS) is 1. The highest BCUT2D eigenvalue weighted by atomic mass is 17.1. The van der Waals surface area contributed by atoms with Gasteiger partial charge in [-0.25, -0.2) is 9.68 Å². The molecule has 2 atom stereocenters. The Bertz CT molecular complexity index is 619. The Morgan fingerprint density at radius 3 is 2.48 bits per heavy atom. The summed E-state index contributed by atoms with van der Waals surface area (Å²) in [6, 6.07) is 0. The van der Waals surface area contributed by atoms with Crippen molar-refractivity contribution in [2.75, 3.05) is 6.61 Å². The largest absolute Gasteiger partial charge is 0.478 e. The quantitative estimate of drug-likeness (QED) is 0.177. The van der Waals surface area contributed by atoms with Crippen LogP contribution in [0.15, 0.2) is 47.6 Å². The van der Waals surface area contributed by atoms with E-state index in [0.717, 1.165) is 44.9 Å². The molecule has 1 fully saturated rings. The van der Waals surface area contributed by atoms with Gasteiger partial charge in [0.1, 0.15) is 5.60 Å². The topological polar surface area (TPSA) is 76.0 Å². The lowest BCUT2D eigenvalue weighted by molar-refractivity contribution is -0.297. The molecule has 1 rings (SSSR count). The van der Waals surface area contributed by atoms with Gasteiger partial charge in [0, 0.05) is 0 Å². The maximum atomic E-state index is 11.0. The van der Waals surface area contributed by atoms with Gasteiger partial charge in [-0.1, -0.05) is 42.0 Å². The molecule has 0 amide bonds. The van der Waals surface area contributed by atoms with Crippen LogP contribution in [0.25, 0.3) is 0 Å². The fraction of sp³-hybridized carbons (Fsp3) is 0.625. The molecule has 0 aromatic rings. The third-order valence-corrected chi connectivity index (χ3v) is 5.33. The summed E-state index contributed by atoms with van der Waals surface area (Å²) < 4.78 is 5.69. The zero-order valence-electron chi connectivity index (χ0n) is 18.4. The van der Waals surface area contributed by atoms with Gasteiger partial charge < -0.3 is 9.84 Å². The molecule has 0 saturated carbocycles. The van der Waals surface area contributed by atoms with Crippen LogP contribution in [0.1, 0.15) is 72.6 Å². The van der Waals surface area contributed by atoms with Crippen LogP contribution in [0, 0.1) is 5.92 Å². The van der Waals surface area contributed by atoms with E-state index in [4.69, 9.17) is 15.1 Å². The van der Waals surface area contributed by atoms with Crippen LogP contribution in [-0.4, -0.2) is 34.6 Å². The Balaban J connectivity index is 2.25. The van der Waals surface area contributed by atoms with Crippen molar-refractivity contribution in [3.8, 4) is 0 Å². The lowest BCUT2D eigenvalue weighted by Gasteiger charge is -2.28. The van der Waals surface area contributed by atoms with Crippen molar-refractivity contribution < 1.29 is 24.8 Å². The minimum Gasteiger partial charge on any atom is -0.478 e. The monoisotopic (exact) mass is 406 g/mol. The van der Waals surface area contributed by atoms with E-state index in [9.17, 15) is 4.79 Å². The molecule has 0 spiro atoms. The number of carbonyl (C=O) groups is 1. The van der Waals surface area contributed by atoms with E-state index in [-0.39, 0.29) is 11.7 Å². The number of carboxylic acids is 1. The summed E-state index contributed by atoms with van der Waals surface area (Å²) in [5.74, 6) is -0.465. The Hall–Kier alpha value is -1.69. The minimum atomic E-state index is -0.963. The second-order valence-corrected chi connectivity index (χ2v) is 8.61. The van der Waals surface area contributed by atoms with Crippen LogP contribution in [0.2, 0.25) is 0 Å². The van der Waals surface area contributed by atoms with Gasteiger partial charge in [0.15, 0.2) is 0 Å². The molecule has 2 N–H and O–H groups in total. The van der Waals surface area contributed by atoms with Crippen molar-refractivity contribution in [3.63, 3.8) is 0 Å². The van der Waals surface area contributed by atoms with Gasteiger partial charge in [-0.15, -0.1) is 0 Å². The highest BCUT2D eigenvalue weighted by Gasteiger charge is 2.26. The third kappa shape index (κ3) is 10.6. The number of aliphatic carboxylic acids is 1. The zero-order valence-corrected chi connectivity index (χ0v) is 18.4. The molecule has 0 unspecified atom stereocenters. The second-order valence-electron chi connectivity index (χ2n) is 8.61. The first-order valence-corrected chi connectivity index (χ1v) is 10.5. The van der Waals surface area contributed by atoms with Crippen LogP contribution in [0.3, 0.4) is 0 Å². The van der Waals surface area contributed by atoms with E-state index in [1.165, 1.54) is 11.1 Å². The fourth-order valence-corrected chi connectivity index (χ4v) is 3.30. The molecule has 0 aliphatic carbocycles. The number of allylic oxidation sites excluding steroid dienone is 5. The normalized spacial score (nSPS) is 21.6. The van der Waals surface area contributed by atoms with E-state index < -0.39 is 11.6 Å². The highest BCUT2D eigenvalue weighted by Crippen LogP contribution is 2.26. The minimum absolute atomic E-state index is 0.170. The van der Waals surface area contributed by atoms with Crippen molar-refractivity contribution in [2.45, 2.75) is 84.3 Å². The van der Waals surface area contributed by atoms with Gasteiger partial charge in [-0.05, 0) is 78.6 Å². The summed E-state index contributed by atoms with van der Waals surface area (Å²) in [6.07, 6.45) is 14.9. The smallest absolute Gasteiger partial charge is 0.333 e. The molecule has 1 saturated heterocycles. The van der Waals surface area contributed by atoms with Gasteiger partial charge in [-0.3, -0.25) is 5.26 Å². The SMILES string of the molecule is C=C(C(=O)O)[C@H]1CC[C@H](CC/C=C(\C)CC/C=C(\C)C/C=C/C(C)(C)OO)CO1. The maximum absolute atomic E-state index is 11.0. The lowest BCUT2D eigenvalue weighted by Crippen LogP contribution is -2.29. The fourth-order valence-electron chi connectivity index (χ4n) is 3.30. The Labute approximate surface area is 175 Å². The van der Waals surface area contributed by atoms with Gasteiger partial charge in [-0.2, -0.15) is 0 Å².